The molecule has 2 aromatic carbocycles. The van der Waals surface area contributed by atoms with Crippen LogP contribution < -0.4 is 16.2 Å². The van der Waals surface area contributed by atoms with Gasteiger partial charge in [-0.3, -0.25) is 4.79 Å². The van der Waals surface area contributed by atoms with Crippen LogP contribution in [0.5, 0.6) is 11.5 Å². The molecule has 1 amide bonds. The molecule has 0 aliphatic heterocycles. The smallest absolute Gasteiger partial charge is 0.239 e. The molecule has 0 bridgehead atoms. The van der Waals surface area contributed by atoms with Crippen molar-refractivity contribution in [3.8, 4) is 11.5 Å². The second-order valence-corrected chi connectivity index (χ2v) is 6.76. The first-order valence-electron chi connectivity index (χ1n) is 9.19. The number of rotatable bonds is 11. The Bertz CT molecular complexity index is 808. The minimum Gasteiger partial charge on any atom is -0.508 e. The number of aromatic hydroxyl groups is 2. The highest BCUT2D eigenvalue weighted by molar-refractivity contribution is 5.84. The van der Waals surface area contributed by atoms with Gasteiger partial charge in [-0.25, -0.2) is 10.9 Å². The van der Waals surface area contributed by atoms with E-state index >= 15 is 0 Å². The summed E-state index contributed by atoms with van der Waals surface area (Å²) in [6.45, 7) is 1.63. The zero-order chi connectivity index (χ0) is 21.2. The maximum absolute atomic E-state index is 12.8. The van der Waals surface area contributed by atoms with Crippen LogP contribution in [0.3, 0.4) is 0 Å². The van der Waals surface area contributed by atoms with Gasteiger partial charge in [0.2, 0.25) is 5.91 Å². The SMILES string of the molecule is C[C@@H](C=O)NN[C@@H](Cc1ccc(O)cc1)C(=O)N[C@H](C=O)Cc1ccc(O)cc1. The van der Waals surface area contributed by atoms with Crippen molar-refractivity contribution in [1.29, 1.82) is 0 Å². The Morgan fingerprint density at radius 3 is 1.86 bits per heavy atom. The molecule has 2 rings (SSSR count). The molecule has 8 heteroatoms. The maximum atomic E-state index is 12.8. The number of benzene rings is 2. The monoisotopic (exact) mass is 399 g/mol. The van der Waals surface area contributed by atoms with Gasteiger partial charge < -0.3 is 25.1 Å². The molecule has 8 nitrogen and oxygen atoms in total. The summed E-state index contributed by atoms with van der Waals surface area (Å²) in [5.41, 5.74) is 7.15. The number of aldehydes is 2. The molecule has 5 N–H and O–H groups in total. The van der Waals surface area contributed by atoms with E-state index in [4.69, 9.17) is 0 Å². The lowest BCUT2D eigenvalue weighted by molar-refractivity contribution is -0.126. The standard InChI is InChI=1S/C21H25N3O5/c1-14(12-25)23-24-20(11-16-4-8-19(28)9-5-16)21(29)22-17(13-26)10-15-2-6-18(27)7-3-15/h2-9,12-14,17,20,23-24,27-28H,10-11H2,1H3,(H,22,29)/t14-,17-,20-/m0/s1. The zero-order valence-corrected chi connectivity index (χ0v) is 16.0. The number of hydrogen-bond donors (Lipinski definition) is 5. The first kappa shape index (κ1) is 22.1. The quantitative estimate of drug-likeness (QED) is 0.277. The Labute approximate surface area is 168 Å². The second kappa shape index (κ2) is 10.9. The summed E-state index contributed by atoms with van der Waals surface area (Å²) in [6.07, 6.45) is 1.90. The van der Waals surface area contributed by atoms with E-state index in [2.05, 4.69) is 16.2 Å². The number of hydrogen-bond acceptors (Lipinski definition) is 7. The summed E-state index contributed by atoms with van der Waals surface area (Å²) in [5, 5.41) is 21.5. The van der Waals surface area contributed by atoms with Crippen LogP contribution in [0.4, 0.5) is 0 Å². The molecule has 29 heavy (non-hydrogen) atoms. The number of nitrogens with one attached hydrogen (secondary N) is 3. The van der Waals surface area contributed by atoms with Crippen LogP contribution in [0.2, 0.25) is 0 Å². The van der Waals surface area contributed by atoms with Crippen molar-refractivity contribution in [1.82, 2.24) is 16.2 Å². The fraction of sp³-hybridized carbons (Fsp3) is 0.286. The average Bonchev–Trinajstić information content (AvgIpc) is 2.73. The summed E-state index contributed by atoms with van der Waals surface area (Å²) >= 11 is 0. The highest BCUT2D eigenvalue weighted by Crippen LogP contribution is 2.13. The molecule has 0 saturated heterocycles. The van der Waals surface area contributed by atoms with Gasteiger partial charge in [0.25, 0.3) is 0 Å². The third-order valence-electron chi connectivity index (χ3n) is 4.27. The summed E-state index contributed by atoms with van der Waals surface area (Å²) in [4.78, 5) is 35.1. The lowest BCUT2D eigenvalue weighted by Crippen LogP contribution is -2.55. The molecule has 0 aliphatic rings. The Balaban J connectivity index is 2.06. The number of phenols is 2. The summed E-state index contributed by atoms with van der Waals surface area (Å²) in [6, 6.07) is 10.8. The van der Waals surface area contributed by atoms with Crippen molar-refractivity contribution in [3.05, 3.63) is 59.7 Å². The molecule has 154 valence electrons. The summed E-state index contributed by atoms with van der Waals surface area (Å²) in [7, 11) is 0. The number of amides is 1. The molecule has 2 aromatic rings. The molecular weight excluding hydrogens is 374 g/mol. The molecule has 0 unspecified atom stereocenters. The third-order valence-corrected chi connectivity index (χ3v) is 4.27. The van der Waals surface area contributed by atoms with Crippen LogP contribution in [0, 0.1) is 0 Å². The van der Waals surface area contributed by atoms with Crippen LogP contribution in [0.25, 0.3) is 0 Å². The first-order chi connectivity index (χ1) is 13.9. The van der Waals surface area contributed by atoms with Crippen molar-refractivity contribution < 1.29 is 24.6 Å². The average molecular weight is 399 g/mol. The summed E-state index contributed by atoms with van der Waals surface area (Å²) in [5.74, 6) is -0.182. The van der Waals surface area contributed by atoms with Crippen molar-refractivity contribution >= 4 is 18.5 Å². The molecule has 0 saturated carbocycles. The first-order valence-corrected chi connectivity index (χ1v) is 9.19. The van der Waals surface area contributed by atoms with Crippen molar-refractivity contribution in [2.45, 2.75) is 37.9 Å². The molecule has 0 aliphatic carbocycles. The highest BCUT2D eigenvalue weighted by atomic mass is 16.3. The van der Waals surface area contributed by atoms with Gasteiger partial charge in [0.05, 0.1) is 12.1 Å². The second-order valence-electron chi connectivity index (χ2n) is 6.76. The van der Waals surface area contributed by atoms with Crippen LogP contribution in [0.15, 0.2) is 48.5 Å². The summed E-state index contributed by atoms with van der Waals surface area (Å²) < 4.78 is 0. The maximum Gasteiger partial charge on any atom is 0.239 e. The van der Waals surface area contributed by atoms with Gasteiger partial charge in [0.1, 0.15) is 30.1 Å². The fourth-order valence-electron chi connectivity index (χ4n) is 2.65. The van der Waals surface area contributed by atoms with E-state index in [0.29, 0.717) is 12.6 Å². The predicted octanol–water partition coefficient (Wildman–Crippen LogP) is 0.617. The molecule has 0 radical (unpaired) electrons. The van der Waals surface area contributed by atoms with Gasteiger partial charge in [-0.2, -0.15) is 0 Å². The van der Waals surface area contributed by atoms with Gasteiger partial charge >= 0.3 is 0 Å². The van der Waals surface area contributed by atoms with Gasteiger partial charge in [0.15, 0.2) is 0 Å². The predicted molar refractivity (Wildman–Crippen MR) is 107 cm³/mol. The number of hydrazine groups is 1. The number of phenolic OH excluding ortho intramolecular Hbond substituents is 2. The van der Waals surface area contributed by atoms with Crippen LogP contribution in [0.1, 0.15) is 18.1 Å². The Morgan fingerprint density at radius 1 is 0.862 bits per heavy atom. The highest BCUT2D eigenvalue weighted by Gasteiger charge is 2.22. The van der Waals surface area contributed by atoms with Gasteiger partial charge in [-0.1, -0.05) is 24.3 Å². The van der Waals surface area contributed by atoms with Crippen LogP contribution >= 0.6 is 0 Å². The lowest BCUT2D eigenvalue weighted by atomic mass is 10.0. The molecule has 0 heterocycles. The minimum absolute atomic E-state index is 0.116. The molecular formula is C21H25N3O5. The third kappa shape index (κ3) is 7.36. The largest absolute Gasteiger partial charge is 0.508 e. The minimum atomic E-state index is -0.760. The van der Waals surface area contributed by atoms with E-state index in [-0.39, 0.29) is 24.3 Å². The Morgan fingerprint density at radius 2 is 1.38 bits per heavy atom. The van der Waals surface area contributed by atoms with Crippen molar-refractivity contribution in [2.24, 2.45) is 0 Å². The van der Waals surface area contributed by atoms with E-state index in [1.807, 2.05) is 0 Å². The molecule has 0 fully saturated rings. The Hall–Kier alpha value is -3.23. The van der Waals surface area contributed by atoms with Gasteiger partial charge in [0, 0.05) is 0 Å². The normalized spacial score (nSPS) is 13.8. The fourth-order valence-corrected chi connectivity index (χ4v) is 2.65. The van der Waals surface area contributed by atoms with E-state index in [9.17, 15) is 24.6 Å². The zero-order valence-electron chi connectivity index (χ0n) is 16.0. The van der Waals surface area contributed by atoms with E-state index in [0.717, 1.165) is 11.1 Å². The number of carbonyl (C=O) groups excluding carboxylic acids is 3. The Kier molecular flexibility index (Phi) is 8.32. The van der Waals surface area contributed by atoms with Crippen molar-refractivity contribution in [3.63, 3.8) is 0 Å². The lowest BCUT2D eigenvalue weighted by Gasteiger charge is -2.22. The molecule has 0 aromatic heterocycles. The van der Waals surface area contributed by atoms with E-state index in [1.165, 1.54) is 24.3 Å². The number of carbonyl (C=O) groups is 3. The van der Waals surface area contributed by atoms with Crippen LogP contribution in [-0.4, -0.2) is 46.8 Å². The van der Waals surface area contributed by atoms with Crippen molar-refractivity contribution in [2.75, 3.05) is 0 Å². The van der Waals surface area contributed by atoms with Crippen LogP contribution in [-0.2, 0) is 27.2 Å². The van der Waals surface area contributed by atoms with Gasteiger partial charge in [-0.15, -0.1) is 0 Å². The van der Waals surface area contributed by atoms with E-state index in [1.54, 1.807) is 31.2 Å². The topological polar surface area (TPSA) is 128 Å². The van der Waals surface area contributed by atoms with E-state index < -0.39 is 24.0 Å². The molecule has 3 atom stereocenters. The molecule has 0 spiro atoms. The van der Waals surface area contributed by atoms with Gasteiger partial charge in [-0.05, 0) is 55.2 Å².